The number of benzene rings is 1. The van der Waals surface area contributed by atoms with Crippen LogP contribution in [0.3, 0.4) is 0 Å². The lowest BCUT2D eigenvalue weighted by molar-refractivity contribution is 0.580. The summed E-state index contributed by atoms with van der Waals surface area (Å²) in [5.41, 5.74) is 7.28. The van der Waals surface area contributed by atoms with Crippen molar-refractivity contribution in [2.24, 2.45) is 0 Å². The Bertz CT molecular complexity index is 423. The summed E-state index contributed by atoms with van der Waals surface area (Å²) in [7, 11) is -2.95. The predicted molar refractivity (Wildman–Crippen MR) is 68.1 cm³/mol. The summed E-state index contributed by atoms with van der Waals surface area (Å²) in [5.74, 6) is 0.214. The van der Waals surface area contributed by atoms with E-state index in [9.17, 15) is 8.42 Å². The molecule has 2 N–H and O–H groups in total. The fourth-order valence-electron chi connectivity index (χ4n) is 1.40. The van der Waals surface area contributed by atoms with Crippen LogP contribution in [-0.4, -0.2) is 19.4 Å². The predicted octanol–water partition coefficient (Wildman–Crippen LogP) is 2.02. The van der Waals surface area contributed by atoms with Gasteiger partial charge in [0.15, 0.2) is 9.84 Å². The number of hydrogen-bond donors (Lipinski definition) is 1. The van der Waals surface area contributed by atoms with Crippen LogP contribution in [0.5, 0.6) is 0 Å². The molecule has 0 fully saturated rings. The van der Waals surface area contributed by atoms with E-state index in [1.165, 1.54) is 0 Å². The topological polar surface area (TPSA) is 60.2 Å². The van der Waals surface area contributed by atoms with Gasteiger partial charge in [0.2, 0.25) is 0 Å². The van der Waals surface area contributed by atoms with E-state index >= 15 is 0 Å². The summed E-state index contributed by atoms with van der Waals surface area (Å²) in [4.78, 5) is 0. The Morgan fingerprint density at radius 3 is 2.31 bits per heavy atom. The smallest absolute Gasteiger partial charge is 0.153 e. The second-order valence-corrected chi connectivity index (χ2v) is 6.62. The fraction of sp³-hybridized carbons (Fsp3) is 0.500. The summed E-state index contributed by atoms with van der Waals surface area (Å²) >= 11 is 0. The van der Waals surface area contributed by atoms with E-state index in [1.807, 2.05) is 19.1 Å². The van der Waals surface area contributed by atoms with Crippen LogP contribution in [-0.2, 0) is 16.3 Å². The highest BCUT2D eigenvalue weighted by Gasteiger charge is 2.18. The Kier molecular flexibility index (Phi) is 4.35. The molecule has 0 aliphatic heterocycles. The second kappa shape index (κ2) is 5.34. The highest BCUT2D eigenvalue weighted by atomic mass is 32.2. The highest BCUT2D eigenvalue weighted by molar-refractivity contribution is 7.92. The summed E-state index contributed by atoms with van der Waals surface area (Å²) in [6.07, 6.45) is 1.23. The van der Waals surface area contributed by atoms with Crippen molar-refractivity contribution >= 4 is 15.5 Å². The minimum atomic E-state index is -2.95. The molecule has 0 spiro atoms. The Hall–Kier alpha value is -1.03. The first-order valence-electron chi connectivity index (χ1n) is 5.51. The van der Waals surface area contributed by atoms with Crippen molar-refractivity contribution in [1.29, 1.82) is 0 Å². The van der Waals surface area contributed by atoms with Gasteiger partial charge in [-0.15, -0.1) is 0 Å². The summed E-state index contributed by atoms with van der Waals surface area (Å²) in [6, 6.07) is 7.35. The van der Waals surface area contributed by atoms with Gasteiger partial charge in [-0.1, -0.05) is 19.1 Å². The van der Waals surface area contributed by atoms with Crippen LogP contribution in [0.15, 0.2) is 24.3 Å². The highest BCUT2D eigenvalue weighted by Crippen LogP contribution is 2.11. The minimum absolute atomic E-state index is 0.214. The number of nitrogen functional groups attached to an aromatic ring is 1. The molecule has 0 aliphatic rings. The van der Waals surface area contributed by atoms with Gasteiger partial charge >= 0.3 is 0 Å². The molecule has 4 heteroatoms. The molecule has 0 aliphatic carbocycles. The lowest BCUT2D eigenvalue weighted by Crippen LogP contribution is -2.21. The number of anilines is 1. The normalized spacial score (nSPS) is 13.6. The van der Waals surface area contributed by atoms with Crippen LogP contribution in [0.25, 0.3) is 0 Å². The van der Waals surface area contributed by atoms with E-state index in [0.29, 0.717) is 18.5 Å². The zero-order valence-electron chi connectivity index (χ0n) is 9.81. The van der Waals surface area contributed by atoms with Gasteiger partial charge in [-0.2, -0.15) is 0 Å². The Morgan fingerprint density at radius 1 is 1.25 bits per heavy atom. The van der Waals surface area contributed by atoms with Crippen molar-refractivity contribution < 1.29 is 8.42 Å². The third-order valence-corrected chi connectivity index (χ3v) is 5.18. The molecule has 0 radical (unpaired) electrons. The van der Waals surface area contributed by atoms with Crippen LogP contribution in [0.2, 0.25) is 0 Å². The van der Waals surface area contributed by atoms with Gasteiger partial charge in [-0.25, -0.2) is 8.42 Å². The van der Waals surface area contributed by atoms with Crippen LogP contribution in [0.4, 0.5) is 5.69 Å². The standard InChI is InChI=1S/C12H19NO2S/c1-3-10(2)16(14,15)9-8-11-4-6-12(13)7-5-11/h4-7,10H,3,8-9,13H2,1-2H3. The Balaban J connectivity index is 2.61. The summed E-state index contributed by atoms with van der Waals surface area (Å²) < 4.78 is 23.6. The van der Waals surface area contributed by atoms with Gasteiger partial charge in [0, 0.05) is 5.69 Å². The summed E-state index contributed by atoms with van der Waals surface area (Å²) in [5, 5.41) is -0.249. The quantitative estimate of drug-likeness (QED) is 0.802. The first-order valence-corrected chi connectivity index (χ1v) is 7.23. The van der Waals surface area contributed by atoms with Crippen LogP contribution < -0.4 is 5.73 Å². The number of hydrogen-bond acceptors (Lipinski definition) is 3. The molecule has 0 amide bonds. The molecule has 0 aromatic heterocycles. The number of rotatable bonds is 5. The van der Waals surface area contributed by atoms with Crippen LogP contribution in [0.1, 0.15) is 25.8 Å². The molecular formula is C12H19NO2S. The van der Waals surface area contributed by atoms with Crippen molar-refractivity contribution in [3.05, 3.63) is 29.8 Å². The molecule has 90 valence electrons. The van der Waals surface area contributed by atoms with Crippen LogP contribution >= 0.6 is 0 Å². The first-order chi connectivity index (χ1) is 7.45. The van der Waals surface area contributed by atoms with Gasteiger partial charge in [0.1, 0.15) is 0 Å². The largest absolute Gasteiger partial charge is 0.399 e. The Morgan fingerprint density at radius 2 is 1.81 bits per heavy atom. The van der Waals surface area contributed by atoms with Gasteiger partial charge in [-0.3, -0.25) is 0 Å². The molecule has 0 heterocycles. The maximum atomic E-state index is 11.8. The molecule has 16 heavy (non-hydrogen) atoms. The molecule has 1 aromatic rings. The minimum Gasteiger partial charge on any atom is -0.399 e. The molecular weight excluding hydrogens is 222 g/mol. The lowest BCUT2D eigenvalue weighted by Gasteiger charge is -2.10. The molecule has 0 bridgehead atoms. The van der Waals surface area contributed by atoms with Gasteiger partial charge in [-0.05, 0) is 37.5 Å². The van der Waals surface area contributed by atoms with E-state index in [-0.39, 0.29) is 11.0 Å². The van der Waals surface area contributed by atoms with Crippen molar-refractivity contribution in [2.45, 2.75) is 31.9 Å². The van der Waals surface area contributed by atoms with Gasteiger partial charge in [0.05, 0.1) is 11.0 Å². The van der Waals surface area contributed by atoms with Crippen LogP contribution in [0, 0.1) is 0 Å². The third-order valence-electron chi connectivity index (χ3n) is 2.84. The maximum Gasteiger partial charge on any atom is 0.153 e. The van der Waals surface area contributed by atoms with Gasteiger partial charge < -0.3 is 5.73 Å². The molecule has 1 rings (SSSR count). The zero-order chi connectivity index (χ0) is 12.2. The number of sulfone groups is 1. The van der Waals surface area contributed by atoms with Crippen molar-refractivity contribution in [2.75, 3.05) is 11.5 Å². The Labute approximate surface area is 97.6 Å². The third kappa shape index (κ3) is 3.52. The van der Waals surface area contributed by atoms with Gasteiger partial charge in [0.25, 0.3) is 0 Å². The molecule has 1 atom stereocenters. The second-order valence-electron chi connectivity index (χ2n) is 4.08. The zero-order valence-corrected chi connectivity index (χ0v) is 10.6. The lowest BCUT2D eigenvalue weighted by atomic mass is 10.2. The molecule has 3 nitrogen and oxygen atoms in total. The molecule has 1 unspecified atom stereocenters. The van der Waals surface area contributed by atoms with E-state index in [1.54, 1.807) is 19.1 Å². The number of nitrogens with two attached hydrogens (primary N) is 1. The van der Waals surface area contributed by atoms with E-state index < -0.39 is 9.84 Å². The SMILES string of the molecule is CCC(C)S(=O)(=O)CCc1ccc(N)cc1. The monoisotopic (exact) mass is 241 g/mol. The average Bonchev–Trinajstić information content (AvgIpc) is 2.27. The van der Waals surface area contributed by atoms with E-state index in [0.717, 1.165) is 5.56 Å². The molecule has 1 aromatic carbocycles. The maximum absolute atomic E-state index is 11.8. The van der Waals surface area contributed by atoms with Crippen molar-refractivity contribution in [1.82, 2.24) is 0 Å². The molecule has 0 saturated carbocycles. The first kappa shape index (κ1) is 13.0. The van der Waals surface area contributed by atoms with E-state index in [2.05, 4.69) is 0 Å². The van der Waals surface area contributed by atoms with Crippen molar-refractivity contribution in [3.8, 4) is 0 Å². The summed E-state index contributed by atoms with van der Waals surface area (Å²) in [6.45, 7) is 3.66. The molecule has 0 saturated heterocycles. The average molecular weight is 241 g/mol. The number of aryl methyl sites for hydroxylation is 1. The fourth-order valence-corrected chi connectivity index (χ4v) is 2.83. The van der Waals surface area contributed by atoms with Crippen molar-refractivity contribution in [3.63, 3.8) is 0 Å². The van der Waals surface area contributed by atoms with E-state index in [4.69, 9.17) is 5.73 Å².